The van der Waals surface area contributed by atoms with Gasteiger partial charge in [-0.1, -0.05) is 0 Å². The van der Waals surface area contributed by atoms with E-state index in [1.54, 1.807) is 11.0 Å². The second-order valence-electron chi connectivity index (χ2n) is 6.79. The van der Waals surface area contributed by atoms with E-state index in [2.05, 4.69) is 20.3 Å². The normalized spacial score (nSPS) is 21.1. The first-order valence-corrected chi connectivity index (χ1v) is 9.03. The molecule has 0 saturated carbocycles. The number of hydrogen-bond acceptors (Lipinski definition) is 5. The number of nitrogens with zero attached hydrogens (tertiary/aromatic N) is 5. The molecule has 0 radical (unpaired) electrons. The molecule has 1 aromatic carbocycles. The molecule has 2 aromatic rings. The van der Waals surface area contributed by atoms with Crippen LogP contribution in [0, 0.1) is 0 Å². The van der Waals surface area contributed by atoms with Crippen LogP contribution >= 0.6 is 0 Å². The Kier molecular flexibility index (Phi) is 4.85. The van der Waals surface area contributed by atoms with Gasteiger partial charge in [0.25, 0.3) is 0 Å². The molecule has 1 unspecified atom stereocenters. The minimum atomic E-state index is -0.0375. The summed E-state index contributed by atoms with van der Waals surface area (Å²) in [5.41, 5.74) is 1.71. The fourth-order valence-electron chi connectivity index (χ4n) is 3.54. The summed E-state index contributed by atoms with van der Waals surface area (Å²) < 4.78 is 7.08. The molecule has 26 heavy (non-hydrogen) atoms. The van der Waals surface area contributed by atoms with Gasteiger partial charge in [0.1, 0.15) is 6.33 Å². The van der Waals surface area contributed by atoms with E-state index in [4.69, 9.17) is 4.74 Å². The number of ether oxygens (including phenoxy) is 1. The molecule has 8 nitrogen and oxygen atoms in total. The SMILES string of the molecule is Cn1cnc(-c2ccc(NC(=O)N3CCC(N4CCOCC4)C3)cc2)n1. The molecule has 2 aliphatic rings. The Labute approximate surface area is 152 Å². The molecule has 1 N–H and O–H groups in total. The number of likely N-dealkylation sites (tertiary alicyclic amines) is 1. The first-order chi connectivity index (χ1) is 12.7. The van der Waals surface area contributed by atoms with Crippen molar-refractivity contribution in [1.82, 2.24) is 24.6 Å². The Hall–Kier alpha value is -2.45. The summed E-state index contributed by atoms with van der Waals surface area (Å²) in [6.45, 7) is 5.08. The number of morpholine rings is 1. The van der Waals surface area contributed by atoms with Crippen molar-refractivity contribution in [1.29, 1.82) is 0 Å². The number of benzene rings is 1. The maximum absolute atomic E-state index is 12.5. The van der Waals surface area contributed by atoms with Crippen LogP contribution in [-0.2, 0) is 11.8 Å². The second-order valence-corrected chi connectivity index (χ2v) is 6.79. The van der Waals surface area contributed by atoms with Crippen LogP contribution in [0.1, 0.15) is 6.42 Å². The number of carbonyl (C=O) groups is 1. The van der Waals surface area contributed by atoms with Gasteiger partial charge in [0.15, 0.2) is 5.82 Å². The van der Waals surface area contributed by atoms with E-state index in [1.165, 1.54) is 0 Å². The second kappa shape index (κ2) is 7.43. The summed E-state index contributed by atoms with van der Waals surface area (Å²) in [7, 11) is 1.84. The number of amides is 2. The van der Waals surface area contributed by atoms with Crippen LogP contribution in [0.3, 0.4) is 0 Å². The quantitative estimate of drug-likeness (QED) is 0.900. The van der Waals surface area contributed by atoms with Crippen LogP contribution in [0.15, 0.2) is 30.6 Å². The third-order valence-electron chi connectivity index (χ3n) is 5.01. The van der Waals surface area contributed by atoms with Crippen molar-refractivity contribution in [2.75, 3.05) is 44.7 Å². The largest absolute Gasteiger partial charge is 0.379 e. The molecule has 4 rings (SSSR count). The minimum absolute atomic E-state index is 0.0375. The van der Waals surface area contributed by atoms with E-state index in [0.29, 0.717) is 11.9 Å². The van der Waals surface area contributed by atoms with Gasteiger partial charge >= 0.3 is 6.03 Å². The van der Waals surface area contributed by atoms with Crippen LogP contribution in [0.2, 0.25) is 0 Å². The zero-order chi connectivity index (χ0) is 17.9. The van der Waals surface area contributed by atoms with Gasteiger partial charge < -0.3 is 15.0 Å². The fourth-order valence-corrected chi connectivity index (χ4v) is 3.54. The van der Waals surface area contributed by atoms with Gasteiger partial charge in [0.05, 0.1) is 13.2 Å². The van der Waals surface area contributed by atoms with Crippen LogP contribution in [0.4, 0.5) is 10.5 Å². The predicted octanol–water partition coefficient (Wildman–Crippen LogP) is 1.42. The number of carbonyl (C=O) groups excluding carboxylic acids is 1. The lowest BCUT2D eigenvalue weighted by molar-refractivity contribution is 0.0192. The molecule has 0 aliphatic carbocycles. The fraction of sp³-hybridized carbons (Fsp3) is 0.500. The first-order valence-electron chi connectivity index (χ1n) is 9.03. The van der Waals surface area contributed by atoms with Gasteiger partial charge in [-0.15, -0.1) is 0 Å². The zero-order valence-corrected chi connectivity index (χ0v) is 15.0. The van der Waals surface area contributed by atoms with E-state index in [0.717, 1.165) is 57.1 Å². The Morgan fingerprint density at radius 3 is 2.65 bits per heavy atom. The van der Waals surface area contributed by atoms with E-state index in [1.807, 2.05) is 36.2 Å². The Balaban J connectivity index is 1.33. The average Bonchev–Trinajstić information content (AvgIpc) is 3.32. The molecular weight excluding hydrogens is 332 g/mol. The Bertz CT molecular complexity index is 753. The van der Waals surface area contributed by atoms with E-state index in [9.17, 15) is 4.79 Å². The summed E-state index contributed by atoms with van der Waals surface area (Å²) in [5.74, 6) is 0.679. The molecule has 8 heteroatoms. The summed E-state index contributed by atoms with van der Waals surface area (Å²) >= 11 is 0. The summed E-state index contributed by atoms with van der Waals surface area (Å²) in [5, 5.41) is 7.27. The smallest absolute Gasteiger partial charge is 0.321 e. The molecule has 2 amide bonds. The highest BCUT2D eigenvalue weighted by Crippen LogP contribution is 2.20. The summed E-state index contributed by atoms with van der Waals surface area (Å²) in [6.07, 6.45) is 2.70. The number of aryl methyl sites for hydroxylation is 1. The van der Waals surface area contributed by atoms with Crippen LogP contribution in [-0.4, -0.2) is 76.0 Å². The van der Waals surface area contributed by atoms with Gasteiger partial charge in [-0.25, -0.2) is 9.78 Å². The Morgan fingerprint density at radius 1 is 1.19 bits per heavy atom. The molecule has 138 valence electrons. The zero-order valence-electron chi connectivity index (χ0n) is 15.0. The molecule has 0 bridgehead atoms. The molecule has 2 aliphatic heterocycles. The number of rotatable bonds is 3. The van der Waals surface area contributed by atoms with Crippen molar-refractivity contribution in [3.63, 3.8) is 0 Å². The van der Waals surface area contributed by atoms with Crippen molar-refractivity contribution < 1.29 is 9.53 Å². The van der Waals surface area contributed by atoms with Gasteiger partial charge in [-0.05, 0) is 30.7 Å². The number of urea groups is 1. The maximum atomic E-state index is 12.5. The standard InChI is InChI=1S/C18H24N6O2/c1-22-13-19-17(21-22)14-2-4-15(5-3-14)20-18(25)24-7-6-16(12-24)23-8-10-26-11-9-23/h2-5,13,16H,6-12H2,1H3,(H,20,25). The van der Waals surface area contributed by atoms with Gasteiger partial charge in [-0.2, -0.15) is 5.10 Å². The van der Waals surface area contributed by atoms with Crippen molar-refractivity contribution >= 4 is 11.7 Å². The van der Waals surface area contributed by atoms with Gasteiger partial charge in [0, 0.05) is 50.5 Å². The number of hydrogen-bond donors (Lipinski definition) is 1. The van der Waals surface area contributed by atoms with Crippen LogP contribution < -0.4 is 5.32 Å². The highest BCUT2D eigenvalue weighted by Gasteiger charge is 2.31. The highest BCUT2D eigenvalue weighted by molar-refractivity contribution is 5.89. The molecule has 2 saturated heterocycles. The molecule has 1 aromatic heterocycles. The molecule has 1 atom stereocenters. The molecule has 3 heterocycles. The van der Waals surface area contributed by atoms with Crippen molar-refractivity contribution in [2.45, 2.75) is 12.5 Å². The molecular formula is C18H24N6O2. The third kappa shape index (κ3) is 3.71. The minimum Gasteiger partial charge on any atom is -0.379 e. The monoisotopic (exact) mass is 356 g/mol. The summed E-state index contributed by atoms with van der Waals surface area (Å²) in [4.78, 5) is 21.1. The van der Waals surface area contributed by atoms with Gasteiger partial charge in [-0.3, -0.25) is 9.58 Å². The molecule has 2 fully saturated rings. The lowest BCUT2D eigenvalue weighted by atomic mass is 10.2. The maximum Gasteiger partial charge on any atom is 0.321 e. The topological polar surface area (TPSA) is 75.5 Å². The number of aromatic nitrogens is 3. The van der Waals surface area contributed by atoms with Crippen molar-refractivity contribution in [3.8, 4) is 11.4 Å². The van der Waals surface area contributed by atoms with Crippen molar-refractivity contribution in [2.24, 2.45) is 7.05 Å². The number of nitrogens with one attached hydrogen (secondary N) is 1. The van der Waals surface area contributed by atoms with Gasteiger partial charge in [0.2, 0.25) is 0 Å². The highest BCUT2D eigenvalue weighted by atomic mass is 16.5. The lowest BCUT2D eigenvalue weighted by Crippen LogP contribution is -2.45. The lowest BCUT2D eigenvalue weighted by Gasteiger charge is -2.32. The predicted molar refractivity (Wildman–Crippen MR) is 97.8 cm³/mol. The average molecular weight is 356 g/mol. The van der Waals surface area contributed by atoms with Crippen LogP contribution in [0.5, 0.6) is 0 Å². The first kappa shape index (κ1) is 17.0. The summed E-state index contributed by atoms with van der Waals surface area (Å²) in [6, 6.07) is 8.03. The van der Waals surface area contributed by atoms with E-state index < -0.39 is 0 Å². The Morgan fingerprint density at radius 2 is 1.96 bits per heavy atom. The van der Waals surface area contributed by atoms with E-state index >= 15 is 0 Å². The molecule has 0 spiro atoms. The van der Waals surface area contributed by atoms with Crippen LogP contribution in [0.25, 0.3) is 11.4 Å². The van der Waals surface area contributed by atoms with E-state index in [-0.39, 0.29) is 6.03 Å². The van der Waals surface area contributed by atoms with Crippen molar-refractivity contribution in [3.05, 3.63) is 30.6 Å². The third-order valence-corrected chi connectivity index (χ3v) is 5.01. The number of anilines is 1.